The van der Waals surface area contributed by atoms with E-state index in [0.29, 0.717) is 30.3 Å². The quantitative estimate of drug-likeness (QED) is 0.336. The molecule has 0 aromatic carbocycles. The van der Waals surface area contributed by atoms with E-state index < -0.39 is 0 Å². The SMILES string of the molecule is C=C(CC)/C(F)=C(OCCC)\C(=C/CCC)[C@@H](C)CC. The Bertz CT molecular complexity index is 352. The van der Waals surface area contributed by atoms with E-state index >= 15 is 0 Å². The second-order valence-corrected chi connectivity index (χ2v) is 5.21. The first-order chi connectivity index (χ1) is 9.53. The number of ether oxygens (including phenoxy) is 1. The molecule has 0 fully saturated rings. The molecule has 0 radical (unpaired) electrons. The maximum Gasteiger partial charge on any atom is 0.167 e. The number of unbranched alkanes of at least 4 members (excludes halogenated alkanes) is 1. The Kier molecular flexibility index (Phi) is 10.1. The zero-order valence-corrected chi connectivity index (χ0v) is 13.9. The van der Waals surface area contributed by atoms with Gasteiger partial charge in [-0.05, 0) is 42.7 Å². The van der Waals surface area contributed by atoms with Crippen LogP contribution in [0.2, 0.25) is 0 Å². The third-order valence-corrected chi connectivity index (χ3v) is 3.45. The lowest BCUT2D eigenvalue weighted by Crippen LogP contribution is -2.08. The lowest BCUT2D eigenvalue weighted by molar-refractivity contribution is 0.205. The Morgan fingerprint density at radius 2 is 1.85 bits per heavy atom. The van der Waals surface area contributed by atoms with E-state index in [1.165, 1.54) is 0 Å². The van der Waals surface area contributed by atoms with Crippen LogP contribution < -0.4 is 0 Å². The van der Waals surface area contributed by atoms with Crippen LogP contribution in [0.1, 0.15) is 66.7 Å². The highest BCUT2D eigenvalue weighted by Gasteiger charge is 2.19. The van der Waals surface area contributed by atoms with Gasteiger partial charge in [0.25, 0.3) is 0 Å². The van der Waals surface area contributed by atoms with Crippen molar-refractivity contribution in [2.75, 3.05) is 6.61 Å². The first-order valence-electron chi connectivity index (χ1n) is 7.94. The molecule has 0 aliphatic heterocycles. The van der Waals surface area contributed by atoms with Gasteiger partial charge in [0.05, 0.1) is 6.61 Å². The van der Waals surface area contributed by atoms with Crippen LogP contribution in [0.4, 0.5) is 4.39 Å². The predicted molar refractivity (Wildman–Crippen MR) is 86.3 cm³/mol. The molecule has 0 N–H and O–H groups in total. The van der Waals surface area contributed by atoms with Crippen LogP contribution in [-0.2, 0) is 4.74 Å². The number of allylic oxidation sites excluding steroid dienone is 4. The minimum atomic E-state index is -0.274. The van der Waals surface area contributed by atoms with Crippen LogP contribution in [0.5, 0.6) is 0 Å². The van der Waals surface area contributed by atoms with Crippen molar-refractivity contribution in [3.8, 4) is 0 Å². The van der Waals surface area contributed by atoms with Gasteiger partial charge in [0.15, 0.2) is 11.6 Å². The average Bonchev–Trinajstić information content (AvgIpc) is 2.48. The van der Waals surface area contributed by atoms with E-state index in [4.69, 9.17) is 4.74 Å². The van der Waals surface area contributed by atoms with Crippen molar-refractivity contribution in [2.24, 2.45) is 5.92 Å². The summed E-state index contributed by atoms with van der Waals surface area (Å²) in [6, 6.07) is 0. The van der Waals surface area contributed by atoms with E-state index in [1.54, 1.807) is 0 Å². The standard InChI is InChI=1S/C18H31FO/c1-7-11-12-16(14(5)9-3)18(20-13-8-2)17(19)15(6)10-4/h12,14H,6-11,13H2,1-5H3/b16-12-,18-17-/t14-/m0/s1. The highest BCUT2D eigenvalue weighted by atomic mass is 19.1. The number of hydrogen-bond donors (Lipinski definition) is 0. The molecule has 0 unspecified atom stereocenters. The van der Waals surface area contributed by atoms with E-state index in [0.717, 1.165) is 31.3 Å². The highest BCUT2D eigenvalue weighted by molar-refractivity contribution is 5.37. The van der Waals surface area contributed by atoms with Crippen LogP contribution in [0.25, 0.3) is 0 Å². The zero-order valence-electron chi connectivity index (χ0n) is 13.9. The summed E-state index contributed by atoms with van der Waals surface area (Å²) in [5.74, 6) is 0.439. The van der Waals surface area contributed by atoms with Crippen LogP contribution in [0.15, 0.2) is 35.4 Å². The average molecular weight is 282 g/mol. The molecular weight excluding hydrogens is 251 g/mol. The Morgan fingerprint density at radius 1 is 1.20 bits per heavy atom. The molecule has 0 saturated heterocycles. The van der Waals surface area contributed by atoms with Gasteiger partial charge in [-0.1, -0.05) is 53.7 Å². The maximum absolute atomic E-state index is 14.6. The van der Waals surface area contributed by atoms with Gasteiger partial charge in [-0.15, -0.1) is 0 Å². The van der Waals surface area contributed by atoms with E-state index in [1.807, 2.05) is 13.8 Å². The first-order valence-corrected chi connectivity index (χ1v) is 7.94. The summed E-state index contributed by atoms with van der Waals surface area (Å²) >= 11 is 0. The molecule has 0 saturated carbocycles. The fourth-order valence-electron chi connectivity index (χ4n) is 1.83. The fraction of sp³-hybridized carbons (Fsp3) is 0.667. The molecule has 0 rings (SSSR count). The second kappa shape index (κ2) is 10.7. The van der Waals surface area contributed by atoms with Gasteiger partial charge in [-0.25, -0.2) is 4.39 Å². The molecular formula is C18H31FO. The molecule has 2 heteroatoms. The number of hydrogen-bond acceptors (Lipinski definition) is 1. The zero-order chi connectivity index (χ0) is 15.5. The third kappa shape index (κ3) is 5.94. The van der Waals surface area contributed by atoms with Crippen LogP contribution >= 0.6 is 0 Å². The van der Waals surface area contributed by atoms with Crippen molar-refractivity contribution in [2.45, 2.75) is 66.7 Å². The van der Waals surface area contributed by atoms with Gasteiger partial charge in [0, 0.05) is 0 Å². The van der Waals surface area contributed by atoms with Gasteiger partial charge >= 0.3 is 0 Å². The van der Waals surface area contributed by atoms with Crippen molar-refractivity contribution >= 4 is 0 Å². The van der Waals surface area contributed by atoms with Crippen molar-refractivity contribution in [3.63, 3.8) is 0 Å². The molecule has 0 aromatic rings. The Balaban J connectivity index is 5.58. The number of halogens is 1. The molecule has 1 nitrogen and oxygen atoms in total. The molecule has 116 valence electrons. The predicted octanol–water partition coefficient (Wildman–Crippen LogP) is 6.33. The molecule has 0 aliphatic carbocycles. The Labute approximate surface area is 124 Å². The normalized spacial score (nSPS) is 14.8. The van der Waals surface area contributed by atoms with E-state index in [2.05, 4.69) is 33.4 Å². The van der Waals surface area contributed by atoms with Crippen molar-refractivity contribution < 1.29 is 9.13 Å². The smallest absolute Gasteiger partial charge is 0.167 e. The third-order valence-electron chi connectivity index (χ3n) is 3.45. The fourth-order valence-corrected chi connectivity index (χ4v) is 1.83. The van der Waals surface area contributed by atoms with Crippen molar-refractivity contribution in [1.29, 1.82) is 0 Å². The summed E-state index contributed by atoms with van der Waals surface area (Å²) in [5, 5.41) is 0. The molecule has 1 atom stereocenters. The summed E-state index contributed by atoms with van der Waals surface area (Å²) in [6.07, 6.45) is 6.58. The number of rotatable bonds is 10. The topological polar surface area (TPSA) is 9.23 Å². The second-order valence-electron chi connectivity index (χ2n) is 5.21. The monoisotopic (exact) mass is 282 g/mol. The molecule has 0 amide bonds. The lowest BCUT2D eigenvalue weighted by atomic mass is 9.93. The Hall–Kier alpha value is -1.05. The van der Waals surface area contributed by atoms with Gasteiger partial charge in [-0.2, -0.15) is 0 Å². The Morgan fingerprint density at radius 3 is 2.30 bits per heavy atom. The molecule has 0 heterocycles. The van der Waals surface area contributed by atoms with Gasteiger partial charge < -0.3 is 4.74 Å². The van der Waals surface area contributed by atoms with E-state index in [-0.39, 0.29) is 5.83 Å². The van der Waals surface area contributed by atoms with Gasteiger partial charge in [0.2, 0.25) is 0 Å². The molecule has 0 spiro atoms. The molecule has 0 aromatic heterocycles. The molecule has 0 bridgehead atoms. The summed E-state index contributed by atoms with van der Waals surface area (Å²) in [7, 11) is 0. The van der Waals surface area contributed by atoms with Gasteiger partial charge in [-0.3, -0.25) is 0 Å². The summed E-state index contributed by atoms with van der Waals surface area (Å²) in [5.41, 5.74) is 1.51. The van der Waals surface area contributed by atoms with E-state index in [9.17, 15) is 4.39 Å². The van der Waals surface area contributed by atoms with Crippen molar-refractivity contribution in [3.05, 3.63) is 35.4 Å². The maximum atomic E-state index is 14.6. The minimum absolute atomic E-state index is 0.274. The highest BCUT2D eigenvalue weighted by Crippen LogP contribution is 2.31. The summed E-state index contributed by atoms with van der Waals surface area (Å²) in [4.78, 5) is 0. The van der Waals surface area contributed by atoms with Crippen LogP contribution in [0, 0.1) is 5.92 Å². The van der Waals surface area contributed by atoms with Crippen LogP contribution in [0.3, 0.4) is 0 Å². The van der Waals surface area contributed by atoms with Gasteiger partial charge in [0.1, 0.15) is 0 Å². The largest absolute Gasteiger partial charge is 0.490 e. The molecule has 0 aliphatic rings. The van der Waals surface area contributed by atoms with Crippen LogP contribution in [-0.4, -0.2) is 6.61 Å². The lowest BCUT2D eigenvalue weighted by Gasteiger charge is -2.20. The summed E-state index contributed by atoms with van der Waals surface area (Å²) in [6.45, 7) is 14.7. The minimum Gasteiger partial charge on any atom is -0.490 e. The first kappa shape index (κ1) is 18.9. The molecule has 20 heavy (non-hydrogen) atoms. The van der Waals surface area contributed by atoms with Crippen molar-refractivity contribution in [1.82, 2.24) is 0 Å². The summed E-state index contributed by atoms with van der Waals surface area (Å²) < 4.78 is 20.3.